The molecule has 140 valence electrons. The molecule has 1 fully saturated rings. The maximum atomic E-state index is 12.7. The Morgan fingerprint density at radius 3 is 2.57 bits per heavy atom. The predicted octanol–water partition coefficient (Wildman–Crippen LogP) is 4.33. The lowest BCUT2D eigenvalue weighted by Crippen LogP contribution is -2.27. The van der Waals surface area contributed by atoms with Crippen molar-refractivity contribution in [3.8, 4) is 11.1 Å². The Balaban J connectivity index is 1.55. The van der Waals surface area contributed by atoms with Crippen molar-refractivity contribution in [1.29, 1.82) is 0 Å². The minimum Gasteiger partial charge on any atom is -0.339 e. The zero-order chi connectivity index (χ0) is 19.3. The van der Waals surface area contributed by atoms with Gasteiger partial charge in [0.25, 0.3) is 11.8 Å². The van der Waals surface area contributed by atoms with E-state index in [1.54, 1.807) is 4.90 Å². The number of rotatable bonds is 2. The number of nitrogens with zero attached hydrogens (tertiary/aromatic N) is 2. The van der Waals surface area contributed by atoms with E-state index in [0.717, 1.165) is 64.5 Å². The quantitative estimate of drug-likeness (QED) is 0.674. The topological polar surface area (TPSA) is 40.6 Å². The average Bonchev–Trinajstić information content (AvgIpc) is 3.35. The molecule has 0 N–H and O–H groups in total. The minimum absolute atomic E-state index is 0.0875. The molecular formula is C24H22N2O2. The summed E-state index contributed by atoms with van der Waals surface area (Å²) in [5, 5.41) is 2.19. The monoisotopic (exact) mass is 370 g/mol. The lowest BCUT2D eigenvalue weighted by atomic mass is 9.94. The fourth-order valence-electron chi connectivity index (χ4n) is 4.40. The largest absolute Gasteiger partial charge is 0.339 e. The highest BCUT2D eigenvalue weighted by Gasteiger charge is 2.24. The van der Waals surface area contributed by atoms with E-state index >= 15 is 0 Å². The van der Waals surface area contributed by atoms with Crippen molar-refractivity contribution in [2.24, 2.45) is 0 Å². The molecule has 1 saturated heterocycles. The lowest BCUT2D eigenvalue weighted by molar-refractivity contribution is 0.0791. The van der Waals surface area contributed by atoms with Gasteiger partial charge in [-0.3, -0.25) is 9.59 Å². The summed E-state index contributed by atoms with van der Waals surface area (Å²) < 4.78 is 0. The summed E-state index contributed by atoms with van der Waals surface area (Å²) >= 11 is 0. The van der Waals surface area contributed by atoms with Crippen LogP contribution >= 0.6 is 0 Å². The van der Waals surface area contributed by atoms with Gasteiger partial charge in [0.15, 0.2) is 0 Å². The maximum absolute atomic E-state index is 12.7. The summed E-state index contributed by atoms with van der Waals surface area (Å²) in [5.41, 5.74) is 4.86. The highest BCUT2D eigenvalue weighted by molar-refractivity contribution is 6.04. The number of fused-ring (bicyclic) bond motifs is 2. The van der Waals surface area contributed by atoms with Gasteiger partial charge in [-0.05, 0) is 64.6 Å². The summed E-state index contributed by atoms with van der Waals surface area (Å²) in [7, 11) is 1.83. The molecule has 2 aliphatic heterocycles. The van der Waals surface area contributed by atoms with Crippen LogP contribution in [0.25, 0.3) is 21.9 Å². The van der Waals surface area contributed by atoms with Crippen LogP contribution in [0.1, 0.15) is 39.1 Å². The molecule has 3 aromatic rings. The number of amides is 2. The third-order valence-corrected chi connectivity index (χ3v) is 5.92. The summed E-state index contributed by atoms with van der Waals surface area (Å²) in [6, 6.07) is 18.3. The molecule has 0 radical (unpaired) electrons. The Morgan fingerprint density at radius 1 is 0.929 bits per heavy atom. The zero-order valence-electron chi connectivity index (χ0n) is 15.9. The second kappa shape index (κ2) is 6.48. The van der Waals surface area contributed by atoms with Crippen LogP contribution in [0.2, 0.25) is 0 Å². The number of likely N-dealkylation sites (tertiary alicyclic amines) is 1. The molecule has 28 heavy (non-hydrogen) atoms. The summed E-state index contributed by atoms with van der Waals surface area (Å²) in [4.78, 5) is 28.6. The Bertz CT molecular complexity index is 1110. The fraction of sp³-hybridized carbons (Fsp3) is 0.250. The van der Waals surface area contributed by atoms with Crippen LogP contribution in [0, 0.1) is 0 Å². The Morgan fingerprint density at radius 2 is 1.75 bits per heavy atom. The van der Waals surface area contributed by atoms with Crippen LogP contribution in [0.15, 0.2) is 54.6 Å². The van der Waals surface area contributed by atoms with Crippen molar-refractivity contribution in [3.63, 3.8) is 0 Å². The Kier molecular flexibility index (Phi) is 3.93. The standard InChI is InChI=1S/C24H22N2O2/c1-25-15-19-14-17(7-10-22(19)24(25)28)20-6-4-5-16-13-18(8-9-21(16)20)23(27)26-11-2-3-12-26/h4-10,13-14H,2-3,11-12,15H2,1H3. The first-order valence-electron chi connectivity index (χ1n) is 9.82. The van der Waals surface area contributed by atoms with Crippen LogP contribution in [0.4, 0.5) is 0 Å². The smallest absolute Gasteiger partial charge is 0.254 e. The van der Waals surface area contributed by atoms with Gasteiger partial charge in [0.05, 0.1) is 0 Å². The van der Waals surface area contributed by atoms with E-state index in [4.69, 9.17) is 0 Å². The van der Waals surface area contributed by atoms with Crippen molar-refractivity contribution in [2.45, 2.75) is 19.4 Å². The van der Waals surface area contributed by atoms with Crippen LogP contribution in [-0.4, -0.2) is 41.8 Å². The molecule has 4 heteroatoms. The minimum atomic E-state index is 0.0875. The number of hydrogen-bond donors (Lipinski definition) is 0. The first-order valence-corrected chi connectivity index (χ1v) is 9.82. The first-order chi connectivity index (χ1) is 13.6. The molecule has 2 aliphatic rings. The number of benzene rings is 3. The molecule has 0 saturated carbocycles. The van der Waals surface area contributed by atoms with Crippen molar-refractivity contribution in [2.75, 3.05) is 20.1 Å². The van der Waals surface area contributed by atoms with Gasteiger partial charge in [0.1, 0.15) is 0 Å². The molecule has 5 rings (SSSR count). The van der Waals surface area contributed by atoms with E-state index < -0.39 is 0 Å². The molecule has 0 spiro atoms. The van der Waals surface area contributed by atoms with Gasteiger partial charge in [0, 0.05) is 37.8 Å². The van der Waals surface area contributed by atoms with Gasteiger partial charge in [-0.1, -0.05) is 30.3 Å². The first kappa shape index (κ1) is 17.0. The van der Waals surface area contributed by atoms with Gasteiger partial charge < -0.3 is 9.80 Å². The van der Waals surface area contributed by atoms with Crippen LogP contribution in [0.5, 0.6) is 0 Å². The summed E-state index contributed by atoms with van der Waals surface area (Å²) in [5.74, 6) is 0.216. The molecule has 0 aromatic heterocycles. The summed E-state index contributed by atoms with van der Waals surface area (Å²) in [6.45, 7) is 2.37. The zero-order valence-corrected chi connectivity index (χ0v) is 15.9. The molecular weight excluding hydrogens is 348 g/mol. The SMILES string of the molecule is CN1Cc2cc(-c3cccc4cc(C(=O)N5CCCC5)ccc34)ccc2C1=O. The number of carbonyl (C=O) groups is 2. The van der Waals surface area contributed by atoms with Gasteiger partial charge in [-0.25, -0.2) is 0 Å². The Hall–Kier alpha value is -3.14. The second-order valence-electron chi connectivity index (χ2n) is 7.77. The fourth-order valence-corrected chi connectivity index (χ4v) is 4.40. The predicted molar refractivity (Wildman–Crippen MR) is 110 cm³/mol. The van der Waals surface area contributed by atoms with Crippen LogP contribution in [-0.2, 0) is 6.54 Å². The van der Waals surface area contributed by atoms with Gasteiger partial charge in [0.2, 0.25) is 0 Å². The Labute approximate surface area is 164 Å². The van der Waals surface area contributed by atoms with E-state index in [0.29, 0.717) is 6.54 Å². The van der Waals surface area contributed by atoms with E-state index in [1.165, 1.54) is 0 Å². The van der Waals surface area contributed by atoms with Crippen molar-refractivity contribution in [3.05, 3.63) is 71.3 Å². The molecule has 3 aromatic carbocycles. The second-order valence-corrected chi connectivity index (χ2v) is 7.77. The normalized spacial score (nSPS) is 16.1. The van der Waals surface area contributed by atoms with E-state index in [1.807, 2.05) is 42.3 Å². The van der Waals surface area contributed by atoms with Gasteiger partial charge in [-0.2, -0.15) is 0 Å². The molecule has 0 unspecified atom stereocenters. The van der Waals surface area contributed by atoms with E-state index in [2.05, 4.69) is 24.3 Å². The van der Waals surface area contributed by atoms with E-state index in [9.17, 15) is 9.59 Å². The third kappa shape index (κ3) is 2.68. The highest BCUT2D eigenvalue weighted by Crippen LogP contribution is 2.33. The maximum Gasteiger partial charge on any atom is 0.254 e. The molecule has 2 heterocycles. The number of carbonyl (C=O) groups excluding carboxylic acids is 2. The third-order valence-electron chi connectivity index (χ3n) is 5.92. The average molecular weight is 370 g/mol. The molecule has 0 atom stereocenters. The summed E-state index contributed by atoms with van der Waals surface area (Å²) in [6.07, 6.45) is 2.19. The van der Waals surface area contributed by atoms with Crippen molar-refractivity contribution >= 4 is 22.6 Å². The number of hydrogen-bond acceptors (Lipinski definition) is 2. The van der Waals surface area contributed by atoms with Gasteiger partial charge in [-0.15, -0.1) is 0 Å². The molecule has 0 bridgehead atoms. The van der Waals surface area contributed by atoms with Crippen LogP contribution in [0.3, 0.4) is 0 Å². The highest BCUT2D eigenvalue weighted by atomic mass is 16.2. The van der Waals surface area contributed by atoms with E-state index in [-0.39, 0.29) is 11.8 Å². The van der Waals surface area contributed by atoms with Gasteiger partial charge >= 0.3 is 0 Å². The van der Waals surface area contributed by atoms with Crippen molar-refractivity contribution < 1.29 is 9.59 Å². The molecule has 2 amide bonds. The molecule has 4 nitrogen and oxygen atoms in total. The van der Waals surface area contributed by atoms with Crippen molar-refractivity contribution in [1.82, 2.24) is 9.80 Å². The molecule has 0 aliphatic carbocycles. The van der Waals surface area contributed by atoms with Crippen LogP contribution < -0.4 is 0 Å². The lowest BCUT2D eigenvalue weighted by Gasteiger charge is -2.16.